The third-order valence-electron chi connectivity index (χ3n) is 1.08. The number of thiophene rings is 1. The van der Waals surface area contributed by atoms with Gasteiger partial charge in [-0.3, -0.25) is 0 Å². The Morgan fingerprint density at radius 3 is 2.55 bits per heavy atom. The number of methoxy groups -OCH3 is 1. The van der Waals surface area contributed by atoms with Crippen LogP contribution in [0, 0.1) is 5.38 Å². The summed E-state index contributed by atoms with van der Waals surface area (Å²) in [6.07, 6.45) is -4.36. The van der Waals surface area contributed by atoms with Gasteiger partial charge >= 0.3 is 6.18 Å². The van der Waals surface area contributed by atoms with E-state index in [1.54, 1.807) is 0 Å². The standard InChI is InChI=1S/C6H4F3OS/c1-10-5-3-11-2-4(5)6(7,8)9/h3H,1H3. The molecular formula is C6H4F3OS. The molecule has 1 nitrogen and oxygen atoms in total. The van der Waals surface area contributed by atoms with Gasteiger partial charge in [0.1, 0.15) is 11.3 Å². The number of ether oxygens (including phenoxy) is 1. The average molecular weight is 181 g/mol. The second-order valence-corrected chi connectivity index (χ2v) is 2.45. The number of hydrogen-bond donors (Lipinski definition) is 0. The summed E-state index contributed by atoms with van der Waals surface area (Å²) in [6.45, 7) is 0. The van der Waals surface area contributed by atoms with Crippen molar-refractivity contribution in [1.29, 1.82) is 0 Å². The maximum absolute atomic E-state index is 12.0. The monoisotopic (exact) mass is 181 g/mol. The topological polar surface area (TPSA) is 9.23 Å². The summed E-state index contributed by atoms with van der Waals surface area (Å²) >= 11 is 0.848. The van der Waals surface area contributed by atoms with E-state index in [9.17, 15) is 13.2 Å². The molecule has 0 saturated carbocycles. The molecule has 1 aromatic heterocycles. The van der Waals surface area contributed by atoms with Gasteiger partial charge in [-0.1, -0.05) is 0 Å². The lowest BCUT2D eigenvalue weighted by Gasteiger charge is -2.05. The Morgan fingerprint density at radius 1 is 1.55 bits per heavy atom. The molecule has 11 heavy (non-hydrogen) atoms. The van der Waals surface area contributed by atoms with E-state index in [0.29, 0.717) is 0 Å². The first-order valence-corrected chi connectivity index (χ1v) is 3.54. The molecule has 0 aliphatic heterocycles. The van der Waals surface area contributed by atoms with Crippen LogP contribution in [0.25, 0.3) is 0 Å². The van der Waals surface area contributed by atoms with Crippen molar-refractivity contribution >= 4 is 11.3 Å². The van der Waals surface area contributed by atoms with Crippen molar-refractivity contribution in [1.82, 2.24) is 0 Å². The number of hydrogen-bond acceptors (Lipinski definition) is 2. The van der Waals surface area contributed by atoms with Crippen LogP contribution in [0.4, 0.5) is 13.2 Å². The smallest absolute Gasteiger partial charge is 0.421 e. The van der Waals surface area contributed by atoms with Gasteiger partial charge in [-0.25, -0.2) is 0 Å². The van der Waals surface area contributed by atoms with Gasteiger partial charge in [0.15, 0.2) is 0 Å². The Labute approximate surface area is 65.4 Å². The SMILES string of the molecule is COc1cs[c]c1C(F)(F)F. The van der Waals surface area contributed by atoms with Crippen LogP contribution in [0.15, 0.2) is 5.38 Å². The third kappa shape index (κ3) is 1.65. The molecule has 5 heteroatoms. The lowest BCUT2D eigenvalue weighted by atomic mass is 10.3. The Hall–Kier alpha value is -0.710. The Morgan fingerprint density at radius 2 is 2.18 bits per heavy atom. The van der Waals surface area contributed by atoms with Gasteiger partial charge in [0.05, 0.1) is 12.5 Å². The molecule has 0 N–H and O–H groups in total. The summed E-state index contributed by atoms with van der Waals surface area (Å²) in [6, 6.07) is 0. The first kappa shape index (κ1) is 8.39. The molecule has 61 valence electrons. The van der Waals surface area contributed by atoms with E-state index >= 15 is 0 Å². The van der Waals surface area contributed by atoms with Crippen LogP contribution < -0.4 is 4.74 Å². The highest BCUT2D eigenvalue weighted by Crippen LogP contribution is 2.37. The van der Waals surface area contributed by atoms with Crippen molar-refractivity contribution in [2.24, 2.45) is 0 Å². The van der Waals surface area contributed by atoms with Crippen molar-refractivity contribution < 1.29 is 17.9 Å². The van der Waals surface area contributed by atoms with Gasteiger partial charge in [-0.05, 0) is 0 Å². The Kier molecular flexibility index (Phi) is 2.08. The highest BCUT2D eigenvalue weighted by Gasteiger charge is 2.35. The van der Waals surface area contributed by atoms with Crippen molar-refractivity contribution in [3.05, 3.63) is 16.3 Å². The number of rotatable bonds is 1. The first-order valence-electron chi connectivity index (χ1n) is 2.66. The molecule has 1 radical (unpaired) electrons. The molecule has 0 bridgehead atoms. The molecular weight excluding hydrogens is 177 g/mol. The fourth-order valence-corrected chi connectivity index (χ4v) is 1.31. The zero-order valence-corrected chi connectivity index (χ0v) is 6.34. The minimum atomic E-state index is -4.36. The van der Waals surface area contributed by atoms with Crippen LogP contribution in [0.5, 0.6) is 5.75 Å². The Balaban J connectivity index is 3.02. The van der Waals surface area contributed by atoms with E-state index in [1.807, 2.05) is 0 Å². The first-order chi connectivity index (χ1) is 5.05. The highest BCUT2D eigenvalue weighted by atomic mass is 32.1. The minimum absolute atomic E-state index is 0.164. The lowest BCUT2D eigenvalue weighted by Crippen LogP contribution is -2.04. The van der Waals surface area contributed by atoms with Crippen LogP contribution >= 0.6 is 11.3 Å². The van der Waals surface area contributed by atoms with Crippen molar-refractivity contribution in [2.75, 3.05) is 7.11 Å². The zero-order valence-electron chi connectivity index (χ0n) is 5.53. The average Bonchev–Trinajstić information content (AvgIpc) is 2.31. The summed E-state index contributed by atoms with van der Waals surface area (Å²) in [5, 5.41) is 3.35. The third-order valence-corrected chi connectivity index (χ3v) is 1.73. The second kappa shape index (κ2) is 2.73. The van der Waals surface area contributed by atoms with Gasteiger partial charge in [0.2, 0.25) is 0 Å². The van der Waals surface area contributed by atoms with E-state index in [-0.39, 0.29) is 5.75 Å². The fraction of sp³-hybridized carbons (Fsp3) is 0.333. The molecule has 0 unspecified atom stereocenters. The van der Waals surface area contributed by atoms with Crippen molar-refractivity contribution in [3.63, 3.8) is 0 Å². The van der Waals surface area contributed by atoms with E-state index in [0.717, 1.165) is 11.3 Å². The molecule has 0 aliphatic rings. The molecule has 1 rings (SSSR count). The summed E-state index contributed by atoms with van der Waals surface area (Å²) in [7, 11) is 1.20. The van der Waals surface area contributed by atoms with Crippen LogP contribution in [-0.4, -0.2) is 7.11 Å². The van der Waals surface area contributed by atoms with E-state index in [2.05, 4.69) is 10.1 Å². The van der Waals surface area contributed by atoms with Crippen LogP contribution in [0.2, 0.25) is 0 Å². The molecule has 0 aromatic carbocycles. The normalized spacial score (nSPS) is 11.6. The summed E-state index contributed by atoms with van der Waals surface area (Å²) in [5.74, 6) is -0.164. The molecule has 0 amide bonds. The summed E-state index contributed by atoms with van der Waals surface area (Å²) < 4.78 is 40.4. The highest BCUT2D eigenvalue weighted by molar-refractivity contribution is 7.07. The predicted octanol–water partition coefficient (Wildman–Crippen LogP) is 2.58. The van der Waals surface area contributed by atoms with Gasteiger partial charge in [0.25, 0.3) is 0 Å². The maximum Gasteiger partial charge on any atom is 0.421 e. The fourth-order valence-electron chi connectivity index (χ4n) is 0.599. The molecule has 0 atom stereocenters. The van der Waals surface area contributed by atoms with Gasteiger partial charge in [-0.15, -0.1) is 11.3 Å². The summed E-state index contributed by atoms with van der Waals surface area (Å²) in [4.78, 5) is 0. The maximum atomic E-state index is 12.0. The van der Waals surface area contributed by atoms with Crippen LogP contribution in [0.3, 0.4) is 0 Å². The molecule has 0 spiro atoms. The number of alkyl halides is 3. The van der Waals surface area contributed by atoms with Gasteiger partial charge < -0.3 is 4.74 Å². The largest absolute Gasteiger partial charge is 0.495 e. The van der Waals surface area contributed by atoms with Gasteiger partial charge in [0, 0.05) is 5.38 Å². The van der Waals surface area contributed by atoms with E-state index in [4.69, 9.17) is 0 Å². The molecule has 1 aromatic rings. The number of halogens is 3. The second-order valence-electron chi connectivity index (χ2n) is 1.78. The lowest BCUT2D eigenvalue weighted by molar-refractivity contribution is -0.138. The minimum Gasteiger partial charge on any atom is -0.495 e. The van der Waals surface area contributed by atoms with Crippen molar-refractivity contribution in [3.8, 4) is 5.75 Å². The quantitative estimate of drug-likeness (QED) is 0.647. The van der Waals surface area contributed by atoms with Crippen molar-refractivity contribution in [2.45, 2.75) is 6.18 Å². The van der Waals surface area contributed by atoms with E-state index < -0.39 is 11.7 Å². The summed E-state index contributed by atoms with van der Waals surface area (Å²) in [5.41, 5.74) is -0.829. The van der Waals surface area contributed by atoms with Crippen LogP contribution in [0.1, 0.15) is 5.56 Å². The zero-order chi connectivity index (χ0) is 8.48. The molecule has 0 fully saturated rings. The van der Waals surface area contributed by atoms with Crippen LogP contribution in [-0.2, 0) is 6.18 Å². The Bertz CT molecular complexity index is 240. The molecule has 1 heterocycles. The van der Waals surface area contributed by atoms with Gasteiger partial charge in [-0.2, -0.15) is 13.2 Å². The predicted molar refractivity (Wildman–Crippen MR) is 34.7 cm³/mol. The molecule has 0 aliphatic carbocycles. The molecule has 0 saturated heterocycles. The van der Waals surface area contributed by atoms with E-state index in [1.165, 1.54) is 12.5 Å².